The van der Waals surface area contributed by atoms with Crippen LogP contribution < -0.4 is 10.6 Å². The second-order valence-electron chi connectivity index (χ2n) is 4.80. The van der Waals surface area contributed by atoms with E-state index in [0.29, 0.717) is 6.54 Å². The third-order valence-corrected chi connectivity index (χ3v) is 3.43. The smallest absolute Gasteiger partial charge is 0.260 e. The Morgan fingerprint density at radius 2 is 1.90 bits per heavy atom. The van der Waals surface area contributed by atoms with E-state index in [1.807, 2.05) is 54.6 Å². The molecule has 0 saturated carbocycles. The number of carbonyl (C=O) groups excluding carboxylic acids is 1. The van der Waals surface area contributed by atoms with Crippen LogP contribution in [-0.2, 0) is 16.1 Å². The molecule has 4 heteroatoms. The number of nitrogens with zero attached hydrogens (tertiary/aromatic N) is 1. The molecule has 0 aromatic heterocycles. The standard InChI is InChI=1S/C17H20N2O2/c1-19(15-10-6-7-13(11-15)12-18)17(20)16(21-2)14-8-4-3-5-9-14/h3-11,16H,12,18H2,1-2H3. The van der Waals surface area contributed by atoms with E-state index in [9.17, 15) is 4.79 Å². The van der Waals surface area contributed by atoms with Gasteiger partial charge in [0.1, 0.15) is 0 Å². The van der Waals surface area contributed by atoms with Crippen LogP contribution in [0.4, 0.5) is 5.69 Å². The number of hydrogen-bond acceptors (Lipinski definition) is 3. The Hall–Kier alpha value is -2.17. The number of ether oxygens (including phenoxy) is 1. The minimum Gasteiger partial charge on any atom is -0.367 e. The molecule has 0 radical (unpaired) electrons. The first-order chi connectivity index (χ1) is 10.2. The summed E-state index contributed by atoms with van der Waals surface area (Å²) in [5.74, 6) is -0.113. The van der Waals surface area contributed by atoms with E-state index in [-0.39, 0.29) is 5.91 Å². The van der Waals surface area contributed by atoms with Gasteiger partial charge in [-0.05, 0) is 23.3 Å². The first kappa shape index (κ1) is 15.2. The van der Waals surface area contributed by atoms with Gasteiger partial charge in [-0.15, -0.1) is 0 Å². The molecule has 0 aliphatic rings. The highest BCUT2D eigenvalue weighted by Crippen LogP contribution is 2.23. The lowest BCUT2D eigenvalue weighted by Gasteiger charge is -2.23. The summed E-state index contributed by atoms with van der Waals surface area (Å²) in [6.07, 6.45) is -0.613. The van der Waals surface area contributed by atoms with Gasteiger partial charge in [0.05, 0.1) is 0 Å². The molecular weight excluding hydrogens is 264 g/mol. The molecule has 110 valence electrons. The lowest BCUT2D eigenvalue weighted by atomic mass is 10.1. The highest BCUT2D eigenvalue weighted by Gasteiger charge is 2.24. The van der Waals surface area contributed by atoms with Gasteiger partial charge < -0.3 is 15.4 Å². The average molecular weight is 284 g/mol. The summed E-state index contributed by atoms with van der Waals surface area (Å²) < 4.78 is 5.38. The molecule has 0 fully saturated rings. The number of likely N-dealkylation sites (N-methyl/N-ethyl adjacent to an activating group) is 1. The minimum absolute atomic E-state index is 0.113. The van der Waals surface area contributed by atoms with Crippen molar-refractivity contribution in [2.45, 2.75) is 12.6 Å². The topological polar surface area (TPSA) is 55.6 Å². The molecule has 2 aromatic rings. The molecule has 1 amide bonds. The quantitative estimate of drug-likeness (QED) is 0.917. The summed E-state index contributed by atoms with van der Waals surface area (Å²) >= 11 is 0. The molecule has 2 rings (SSSR count). The van der Waals surface area contributed by atoms with Gasteiger partial charge in [-0.25, -0.2) is 0 Å². The first-order valence-corrected chi connectivity index (χ1v) is 6.81. The number of carbonyl (C=O) groups is 1. The van der Waals surface area contributed by atoms with Crippen molar-refractivity contribution in [3.05, 3.63) is 65.7 Å². The molecule has 0 heterocycles. The molecule has 0 spiro atoms. The van der Waals surface area contributed by atoms with Crippen LogP contribution in [0.15, 0.2) is 54.6 Å². The Morgan fingerprint density at radius 1 is 1.19 bits per heavy atom. The highest BCUT2D eigenvalue weighted by molar-refractivity contribution is 5.96. The second-order valence-corrected chi connectivity index (χ2v) is 4.80. The molecule has 2 aromatic carbocycles. The van der Waals surface area contributed by atoms with Crippen molar-refractivity contribution >= 4 is 11.6 Å². The lowest BCUT2D eigenvalue weighted by molar-refractivity contribution is -0.128. The summed E-state index contributed by atoms with van der Waals surface area (Å²) in [5, 5.41) is 0. The predicted octanol–water partition coefficient (Wildman–Crippen LogP) is 2.50. The van der Waals surface area contributed by atoms with E-state index in [2.05, 4.69) is 0 Å². The van der Waals surface area contributed by atoms with E-state index in [1.54, 1.807) is 19.1 Å². The third-order valence-electron chi connectivity index (χ3n) is 3.43. The summed E-state index contributed by atoms with van der Waals surface area (Å²) in [4.78, 5) is 14.2. The van der Waals surface area contributed by atoms with Gasteiger partial charge in [-0.1, -0.05) is 42.5 Å². The minimum atomic E-state index is -0.613. The Morgan fingerprint density at radius 3 is 2.52 bits per heavy atom. The molecular formula is C17H20N2O2. The van der Waals surface area contributed by atoms with E-state index < -0.39 is 6.10 Å². The van der Waals surface area contributed by atoms with Crippen LogP contribution in [0.2, 0.25) is 0 Å². The van der Waals surface area contributed by atoms with Crippen LogP contribution in [0, 0.1) is 0 Å². The summed E-state index contributed by atoms with van der Waals surface area (Å²) in [5.41, 5.74) is 8.28. The monoisotopic (exact) mass is 284 g/mol. The lowest BCUT2D eigenvalue weighted by Crippen LogP contribution is -2.32. The summed E-state index contributed by atoms with van der Waals surface area (Å²) in [7, 11) is 3.28. The fourth-order valence-electron chi connectivity index (χ4n) is 2.20. The van der Waals surface area contributed by atoms with Crippen molar-refractivity contribution < 1.29 is 9.53 Å². The largest absolute Gasteiger partial charge is 0.367 e. The maximum absolute atomic E-state index is 12.6. The van der Waals surface area contributed by atoms with E-state index in [1.165, 1.54) is 0 Å². The number of amides is 1. The summed E-state index contributed by atoms with van der Waals surface area (Å²) in [6, 6.07) is 17.1. The van der Waals surface area contributed by atoms with Gasteiger partial charge >= 0.3 is 0 Å². The van der Waals surface area contributed by atoms with Gasteiger partial charge in [-0.2, -0.15) is 0 Å². The fraction of sp³-hybridized carbons (Fsp3) is 0.235. The maximum atomic E-state index is 12.6. The van der Waals surface area contributed by atoms with E-state index >= 15 is 0 Å². The Bertz CT molecular complexity index is 599. The summed E-state index contributed by atoms with van der Waals surface area (Å²) in [6.45, 7) is 0.447. The Balaban J connectivity index is 2.24. The van der Waals surface area contributed by atoms with Gasteiger partial charge in [0.15, 0.2) is 6.10 Å². The molecule has 0 bridgehead atoms. The highest BCUT2D eigenvalue weighted by atomic mass is 16.5. The Kier molecular flexibility index (Phi) is 5.09. The zero-order chi connectivity index (χ0) is 15.2. The van der Waals surface area contributed by atoms with Gasteiger partial charge in [0, 0.05) is 26.4 Å². The van der Waals surface area contributed by atoms with Crippen molar-refractivity contribution in [2.24, 2.45) is 5.73 Å². The van der Waals surface area contributed by atoms with Gasteiger partial charge in [-0.3, -0.25) is 4.79 Å². The van der Waals surface area contributed by atoms with Gasteiger partial charge in [0.25, 0.3) is 5.91 Å². The molecule has 21 heavy (non-hydrogen) atoms. The van der Waals surface area contributed by atoms with Crippen LogP contribution >= 0.6 is 0 Å². The Labute approximate surface area is 125 Å². The van der Waals surface area contributed by atoms with Crippen LogP contribution in [0.3, 0.4) is 0 Å². The number of anilines is 1. The number of benzene rings is 2. The van der Waals surface area contributed by atoms with Crippen LogP contribution in [0.1, 0.15) is 17.2 Å². The SMILES string of the molecule is COC(C(=O)N(C)c1cccc(CN)c1)c1ccccc1. The number of nitrogens with two attached hydrogens (primary N) is 1. The fourth-order valence-corrected chi connectivity index (χ4v) is 2.20. The predicted molar refractivity (Wildman–Crippen MR) is 83.9 cm³/mol. The van der Waals surface area contributed by atoms with E-state index in [4.69, 9.17) is 10.5 Å². The molecule has 0 saturated heterocycles. The number of rotatable bonds is 5. The van der Waals surface area contributed by atoms with Gasteiger partial charge in [0.2, 0.25) is 0 Å². The third kappa shape index (κ3) is 3.48. The van der Waals surface area contributed by atoms with Crippen molar-refractivity contribution in [3.63, 3.8) is 0 Å². The van der Waals surface area contributed by atoms with Crippen molar-refractivity contribution in [1.29, 1.82) is 0 Å². The maximum Gasteiger partial charge on any atom is 0.260 e. The molecule has 0 aliphatic carbocycles. The number of methoxy groups -OCH3 is 1. The van der Waals surface area contributed by atoms with E-state index in [0.717, 1.165) is 16.8 Å². The first-order valence-electron chi connectivity index (χ1n) is 6.81. The normalized spacial score (nSPS) is 12.0. The van der Waals surface area contributed by atoms with Crippen LogP contribution in [0.5, 0.6) is 0 Å². The average Bonchev–Trinajstić information content (AvgIpc) is 2.55. The van der Waals surface area contributed by atoms with Crippen LogP contribution in [0.25, 0.3) is 0 Å². The van der Waals surface area contributed by atoms with Crippen LogP contribution in [-0.4, -0.2) is 20.1 Å². The number of hydrogen-bond donors (Lipinski definition) is 1. The molecule has 0 aliphatic heterocycles. The zero-order valence-electron chi connectivity index (χ0n) is 12.3. The molecule has 1 unspecified atom stereocenters. The van der Waals surface area contributed by atoms with Crippen molar-refractivity contribution in [1.82, 2.24) is 0 Å². The second kappa shape index (κ2) is 7.02. The molecule has 4 nitrogen and oxygen atoms in total. The zero-order valence-corrected chi connectivity index (χ0v) is 12.3. The molecule has 2 N–H and O–H groups in total. The van der Waals surface area contributed by atoms with Crippen molar-refractivity contribution in [3.8, 4) is 0 Å². The molecule has 1 atom stereocenters. The van der Waals surface area contributed by atoms with Crippen molar-refractivity contribution in [2.75, 3.05) is 19.1 Å².